The lowest BCUT2D eigenvalue weighted by atomic mass is 10.1. The smallest absolute Gasteiger partial charge is 0.251 e. The zero-order valence-corrected chi connectivity index (χ0v) is 11.6. The van der Waals surface area contributed by atoms with Crippen LogP contribution in [-0.4, -0.2) is 16.9 Å². The zero-order valence-electron chi connectivity index (χ0n) is 10.9. The molecule has 98 valence electrons. The van der Waals surface area contributed by atoms with E-state index in [0.717, 1.165) is 18.5 Å². The minimum atomic E-state index is -0.0453. The van der Waals surface area contributed by atoms with Gasteiger partial charge in [0.1, 0.15) is 5.15 Å². The van der Waals surface area contributed by atoms with Crippen LogP contribution < -0.4 is 5.32 Å². The maximum atomic E-state index is 12.1. The van der Waals surface area contributed by atoms with Gasteiger partial charge in [-0.15, -0.1) is 0 Å². The molecule has 1 heterocycles. The Hall–Kier alpha value is -1.09. The maximum absolute atomic E-state index is 12.1. The van der Waals surface area contributed by atoms with E-state index >= 15 is 0 Å². The highest BCUT2D eigenvalue weighted by Crippen LogP contribution is 2.32. The predicted molar refractivity (Wildman–Crippen MR) is 72.9 cm³/mol. The summed E-state index contributed by atoms with van der Waals surface area (Å²) in [7, 11) is 0. The van der Waals surface area contributed by atoms with Gasteiger partial charge >= 0.3 is 0 Å². The molecule has 0 radical (unpaired) electrons. The number of carbonyl (C=O) groups is 1. The van der Waals surface area contributed by atoms with Crippen molar-refractivity contribution in [2.45, 2.75) is 45.6 Å². The molecule has 1 aromatic rings. The second-order valence-corrected chi connectivity index (χ2v) is 5.41. The Balaban J connectivity index is 2.08. The summed E-state index contributed by atoms with van der Waals surface area (Å²) in [5.41, 5.74) is 1.50. The monoisotopic (exact) mass is 266 g/mol. The molecule has 1 aromatic heterocycles. The van der Waals surface area contributed by atoms with Crippen molar-refractivity contribution in [3.8, 4) is 0 Å². The van der Waals surface area contributed by atoms with Crippen LogP contribution in [0.25, 0.3) is 0 Å². The van der Waals surface area contributed by atoms with Gasteiger partial charge in [0.2, 0.25) is 0 Å². The van der Waals surface area contributed by atoms with E-state index in [1.54, 1.807) is 6.07 Å². The summed E-state index contributed by atoms with van der Waals surface area (Å²) in [4.78, 5) is 16.3. The van der Waals surface area contributed by atoms with Crippen molar-refractivity contribution in [3.63, 3.8) is 0 Å². The minimum absolute atomic E-state index is 0.0453. The molecule has 0 bridgehead atoms. The Labute approximate surface area is 113 Å². The predicted octanol–water partition coefficient (Wildman–Crippen LogP) is 3.22. The van der Waals surface area contributed by atoms with E-state index in [2.05, 4.69) is 24.1 Å². The van der Waals surface area contributed by atoms with Gasteiger partial charge in [0.05, 0.1) is 0 Å². The molecule has 1 N–H and O–H groups in total. The van der Waals surface area contributed by atoms with E-state index in [1.807, 2.05) is 6.07 Å². The number of pyridine rings is 1. The molecule has 1 amide bonds. The molecule has 1 atom stereocenters. The van der Waals surface area contributed by atoms with Crippen LogP contribution in [0.15, 0.2) is 12.1 Å². The first-order valence-electron chi connectivity index (χ1n) is 6.57. The fourth-order valence-corrected chi connectivity index (χ4v) is 2.30. The first-order chi connectivity index (χ1) is 8.60. The molecule has 0 spiro atoms. The van der Waals surface area contributed by atoms with Crippen LogP contribution >= 0.6 is 11.6 Å². The van der Waals surface area contributed by atoms with E-state index in [9.17, 15) is 4.79 Å². The van der Waals surface area contributed by atoms with E-state index in [0.29, 0.717) is 16.6 Å². The first kappa shape index (κ1) is 13.3. The number of amides is 1. The van der Waals surface area contributed by atoms with Crippen molar-refractivity contribution in [3.05, 3.63) is 28.5 Å². The molecule has 1 saturated carbocycles. The number of halogens is 1. The second kappa shape index (κ2) is 5.70. The van der Waals surface area contributed by atoms with Crippen LogP contribution in [0.1, 0.15) is 49.2 Å². The highest BCUT2D eigenvalue weighted by molar-refractivity contribution is 6.29. The number of rotatable bonds is 5. The summed E-state index contributed by atoms with van der Waals surface area (Å²) in [6.07, 6.45) is 4.28. The molecule has 1 unspecified atom stereocenters. The topological polar surface area (TPSA) is 42.0 Å². The summed E-state index contributed by atoms with van der Waals surface area (Å²) in [6.45, 7) is 4.14. The van der Waals surface area contributed by atoms with Gasteiger partial charge in [0.25, 0.3) is 5.91 Å². The summed E-state index contributed by atoms with van der Waals surface area (Å²) >= 11 is 5.95. The number of hydrogen-bond acceptors (Lipinski definition) is 2. The standard InChI is InChI=1S/C14H19ClN2O/c1-3-4-12-7-11(8-13(15)17-12)14(18)16-9(2)10-5-6-10/h7-10H,3-6H2,1-2H3,(H,16,18). The third kappa shape index (κ3) is 3.45. The minimum Gasteiger partial charge on any atom is -0.349 e. The molecule has 0 aromatic carbocycles. The lowest BCUT2D eigenvalue weighted by Crippen LogP contribution is -2.34. The van der Waals surface area contributed by atoms with Crippen molar-refractivity contribution in [1.29, 1.82) is 0 Å². The third-order valence-corrected chi connectivity index (χ3v) is 3.50. The fraction of sp³-hybridized carbons (Fsp3) is 0.571. The lowest BCUT2D eigenvalue weighted by Gasteiger charge is -2.13. The number of nitrogens with one attached hydrogen (secondary N) is 1. The molecule has 0 saturated heterocycles. The third-order valence-electron chi connectivity index (χ3n) is 3.30. The summed E-state index contributed by atoms with van der Waals surface area (Å²) in [5, 5.41) is 3.42. The molecule has 1 aliphatic carbocycles. The Morgan fingerprint density at radius 1 is 1.56 bits per heavy atom. The number of nitrogens with zero attached hydrogens (tertiary/aromatic N) is 1. The molecule has 4 heteroatoms. The number of hydrogen-bond donors (Lipinski definition) is 1. The second-order valence-electron chi connectivity index (χ2n) is 5.02. The van der Waals surface area contributed by atoms with Crippen LogP contribution in [0, 0.1) is 5.92 Å². The van der Waals surface area contributed by atoms with Crippen LogP contribution in [-0.2, 0) is 6.42 Å². The Kier molecular flexibility index (Phi) is 4.23. The molecule has 3 nitrogen and oxygen atoms in total. The quantitative estimate of drug-likeness (QED) is 0.832. The molecular weight excluding hydrogens is 248 g/mol. The van der Waals surface area contributed by atoms with Crippen molar-refractivity contribution < 1.29 is 4.79 Å². The van der Waals surface area contributed by atoms with Gasteiger partial charge in [-0.05, 0) is 44.2 Å². The van der Waals surface area contributed by atoms with Crippen molar-refractivity contribution in [1.82, 2.24) is 10.3 Å². The lowest BCUT2D eigenvalue weighted by molar-refractivity contribution is 0.0935. The van der Waals surface area contributed by atoms with Gasteiger partial charge in [0, 0.05) is 17.3 Å². The van der Waals surface area contributed by atoms with Gasteiger partial charge < -0.3 is 5.32 Å². The number of carbonyl (C=O) groups excluding carboxylic acids is 1. The van der Waals surface area contributed by atoms with Gasteiger partial charge in [-0.1, -0.05) is 24.9 Å². The van der Waals surface area contributed by atoms with Crippen LogP contribution in [0.4, 0.5) is 0 Å². The fourth-order valence-electron chi connectivity index (χ4n) is 2.07. The Morgan fingerprint density at radius 3 is 2.89 bits per heavy atom. The largest absolute Gasteiger partial charge is 0.349 e. The SMILES string of the molecule is CCCc1cc(C(=O)NC(C)C2CC2)cc(Cl)n1. The molecular formula is C14H19ClN2O. The van der Waals surface area contributed by atoms with Crippen LogP contribution in [0.2, 0.25) is 5.15 Å². The highest BCUT2D eigenvalue weighted by atomic mass is 35.5. The molecule has 1 fully saturated rings. The zero-order chi connectivity index (χ0) is 13.1. The average molecular weight is 267 g/mol. The average Bonchev–Trinajstić information content (AvgIpc) is 3.12. The maximum Gasteiger partial charge on any atom is 0.251 e. The summed E-state index contributed by atoms with van der Waals surface area (Å²) < 4.78 is 0. The Morgan fingerprint density at radius 2 is 2.28 bits per heavy atom. The van der Waals surface area contributed by atoms with Crippen LogP contribution in [0.3, 0.4) is 0 Å². The number of aryl methyl sites for hydroxylation is 1. The first-order valence-corrected chi connectivity index (χ1v) is 6.95. The Bertz CT molecular complexity index is 443. The van der Waals surface area contributed by atoms with Gasteiger partial charge in [-0.25, -0.2) is 4.98 Å². The summed E-state index contributed by atoms with van der Waals surface area (Å²) in [6, 6.07) is 3.72. The van der Waals surface area contributed by atoms with E-state index < -0.39 is 0 Å². The summed E-state index contributed by atoms with van der Waals surface area (Å²) in [5.74, 6) is 0.609. The van der Waals surface area contributed by atoms with Crippen molar-refractivity contribution in [2.24, 2.45) is 5.92 Å². The van der Waals surface area contributed by atoms with Gasteiger partial charge in [0.15, 0.2) is 0 Å². The van der Waals surface area contributed by atoms with E-state index in [1.165, 1.54) is 12.8 Å². The molecule has 18 heavy (non-hydrogen) atoms. The highest BCUT2D eigenvalue weighted by Gasteiger charge is 2.29. The van der Waals surface area contributed by atoms with Crippen molar-refractivity contribution in [2.75, 3.05) is 0 Å². The van der Waals surface area contributed by atoms with Gasteiger partial charge in [-0.3, -0.25) is 4.79 Å². The number of aromatic nitrogens is 1. The van der Waals surface area contributed by atoms with E-state index in [4.69, 9.17) is 11.6 Å². The molecule has 1 aliphatic rings. The van der Waals surface area contributed by atoms with E-state index in [-0.39, 0.29) is 11.9 Å². The molecule has 2 rings (SSSR count). The van der Waals surface area contributed by atoms with Crippen molar-refractivity contribution >= 4 is 17.5 Å². The normalized spacial score (nSPS) is 16.4. The molecule has 0 aliphatic heterocycles. The van der Waals surface area contributed by atoms with Crippen LogP contribution in [0.5, 0.6) is 0 Å². The van der Waals surface area contributed by atoms with Gasteiger partial charge in [-0.2, -0.15) is 0 Å².